The summed E-state index contributed by atoms with van der Waals surface area (Å²) >= 11 is 5.76. The first kappa shape index (κ1) is 13.7. The van der Waals surface area contributed by atoms with Crippen molar-refractivity contribution in [2.75, 3.05) is 7.11 Å². The highest BCUT2D eigenvalue weighted by Crippen LogP contribution is 2.25. The van der Waals surface area contributed by atoms with Gasteiger partial charge in [0.2, 0.25) is 0 Å². The lowest BCUT2D eigenvalue weighted by Gasteiger charge is -2.18. The molecule has 1 rings (SSSR count). The molecule has 0 aromatic heterocycles. The van der Waals surface area contributed by atoms with E-state index in [9.17, 15) is 9.90 Å². The summed E-state index contributed by atoms with van der Waals surface area (Å²) in [6, 6.07) is 6.72. The van der Waals surface area contributed by atoms with Crippen LogP contribution in [0.25, 0.3) is 0 Å². The average molecular weight is 255 g/mol. The van der Waals surface area contributed by atoms with E-state index in [1.165, 1.54) is 7.11 Å². The van der Waals surface area contributed by atoms with Crippen LogP contribution >= 0.6 is 11.6 Å². The lowest BCUT2D eigenvalue weighted by atomic mass is 9.95. The number of carbonyl (C=O) groups excluding carboxylic acids is 1. The van der Waals surface area contributed by atoms with Crippen molar-refractivity contribution in [1.29, 1.82) is 0 Å². The Kier molecular flexibility index (Phi) is 5.19. The van der Waals surface area contributed by atoms with Gasteiger partial charge in [0.15, 0.2) is 0 Å². The summed E-state index contributed by atoms with van der Waals surface area (Å²) in [6.45, 7) is 1.78. The Hall–Kier alpha value is -1.32. The van der Waals surface area contributed by atoms with Crippen molar-refractivity contribution in [2.45, 2.75) is 13.0 Å². The second-order valence-electron chi connectivity index (χ2n) is 3.57. The molecule has 0 heterocycles. The summed E-state index contributed by atoms with van der Waals surface area (Å²) in [4.78, 5) is 11.5. The molecule has 4 heteroatoms. The third kappa shape index (κ3) is 3.58. The number of esters is 1. The zero-order chi connectivity index (χ0) is 12.8. The van der Waals surface area contributed by atoms with E-state index in [0.717, 1.165) is 0 Å². The molecule has 0 spiro atoms. The van der Waals surface area contributed by atoms with Gasteiger partial charge in [-0.05, 0) is 24.6 Å². The Balaban J connectivity index is 2.95. The minimum absolute atomic E-state index is 0.467. The number of carbonyl (C=O) groups is 1. The van der Waals surface area contributed by atoms with Crippen molar-refractivity contribution < 1.29 is 14.6 Å². The number of methoxy groups -OCH3 is 1. The summed E-state index contributed by atoms with van der Waals surface area (Å²) in [5.74, 6) is -1.17. The number of allylic oxidation sites excluding steroid dienone is 1. The maximum absolute atomic E-state index is 11.5. The highest BCUT2D eigenvalue weighted by molar-refractivity contribution is 6.30. The number of hydrogen-bond donors (Lipinski definition) is 1. The fraction of sp³-hybridized carbons (Fsp3) is 0.308. The van der Waals surface area contributed by atoms with Crippen LogP contribution in [0.4, 0.5) is 0 Å². The van der Waals surface area contributed by atoms with E-state index in [4.69, 9.17) is 11.6 Å². The van der Waals surface area contributed by atoms with Gasteiger partial charge in [0.1, 0.15) is 5.92 Å². The maximum Gasteiger partial charge on any atom is 0.315 e. The van der Waals surface area contributed by atoms with E-state index >= 15 is 0 Å². The molecule has 0 aliphatic carbocycles. The van der Waals surface area contributed by atoms with Gasteiger partial charge in [-0.1, -0.05) is 35.9 Å². The monoisotopic (exact) mass is 254 g/mol. The van der Waals surface area contributed by atoms with Crippen molar-refractivity contribution in [3.8, 4) is 0 Å². The minimum atomic E-state index is -0.934. The van der Waals surface area contributed by atoms with Gasteiger partial charge >= 0.3 is 5.97 Å². The van der Waals surface area contributed by atoms with Crippen molar-refractivity contribution in [3.05, 3.63) is 47.0 Å². The second-order valence-corrected chi connectivity index (χ2v) is 4.01. The van der Waals surface area contributed by atoms with Gasteiger partial charge in [-0.25, -0.2) is 0 Å². The third-order valence-corrected chi connectivity index (χ3v) is 2.68. The first-order chi connectivity index (χ1) is 8.10. The Morgan fingerprint density at radius 1 is 1.41 bits per heavy atom. The smallest absolute Gasteiger partial charge is 0.315 e. The van der Waals surface area contributed by atoms with Crippen molar-refractivity contribution in [1.82, 2.24) is 0 Å². The van der Waals surface area contributed by atoms with Crippen LogP contribution in [0.2, 0.25) is 5.02 Å². The molecule has 0 aliphatic rings. The second kappa shape index (κ2) is 6.42. The third-order valence-electron chi connectivity index (χ3n) is 2.42. The molecule has 1 aromatic rings. The molecular weight excluding hydrogens is 240 g/mol. The Morgan fingerprint density at radius 2 is 2.00 bits per heavy atom. The van der Waals surface area contributed by atoms with Crippen LogP contribution in [0.1, 0.15) is 18.6 Å². The van der Waals surface area contributed by atoms with Gasteiger partial charge in [-0.15, -0.1) is 0 Å². The summed E-state index contributed by atoms with van der Waals surface area (Å²) in [5.41, 5.74) is 0.628. The standard InChI is InChI=1S/C13H15ClO3/c1-3-4-11(13(16)17-2)12(15)9-5-7-10(14)8-6-9/h3-8,11-12,15H,1-2H3/b4-3+. The van der Waals surface area contributed by atoms with Crippen LogP contribution in [-0.4, -0.2) is 18.2 Å². The minimum Gasteiger partial charge on any atom is -0.468 e. The van der Waals surface area contributed by atoms with E-state index in [0.29, 0.717) is 10.6 Å². The van der Waals surface area contributed by atoms with Gasteiger partial charge in [0.05, 0.1) is 13.2 Å². The first-order valence-electron chi connectivity index (χ1n) is 5.24. The normalized spacial score (nSPS) is 14.6. The van der Waals surface area contributed by atoms with Crippen LogP contribution in [0.15, 0.2) is 36.4 Å². The summed E-state index contributed by atoms with van der Waals surface area (Å²) in [7, 11) is 1.30. The van der Waals surface area contributed by atoms with Gasteiger partial charge in [0, 0.05) is 5.02 Å². The number of hydrogen-bond acceptors (Lipinski definition) is 3. The lowest BCUT2D eigenvalue weighted by molar-refractivity contribution is -0.147. The van der Waals surface area contributed by atoms with Gasteiger partial charge in [-0.2, -0.15) is 0 Å². The molecule has 0 amide bonds. The molecule has 0 radical (unpaired) electrons. The largest absolute Gasteiger partial charge is 0.468 e. The van der Waals surface area contributed by atoms with E-state index in [2.05, 4.69) is 4.74 Å². The van der Waals surface area contributed by atoms with Crippen LogP contribution in [-0.2, 0) is 9.53 Å². The lowest BCUT2D eigenvalue weighted by Crippen LogP contribution is -2.21. The van der Waals surface area contributed by atoms with Crippen LogP contribution < -0.4 is 0 Å². The number of benzene rings is 1. The zero-order valence-corrected chi connectivity index (χ0v) is 10.5. The molecular formula is C13H15ClO3. The SMILES string of the molecule is C/C=C/C(C(=O)OC)C(O)c1ccc(Cl)cc1. The molecule has 0 aliphatic heterocycles. The molecule has 0 saturated carbocycles. The number of halogens is 1. The fourth-order valence-corrected chi connectivity index (χ4v) is 1.65. The molecule has 17 heavy (non-hydrogen) atoms. The van der Waals surface area contributed by atoms with Crippen LogP contribution in [0.5, 0.6) is 0 Å². The Morgan fingerprint density at radius 3 is 2.47 bits per heavy atom. The molecule has 1 N–H and O–H groups in total. The van der Waals surface area contributed by atoms with E-state index < -0.39 is 18.0 Å². The zero-order valence-electron chi connectivity index (χ0n) is 9.76. The maximum atomic E-state index is 11.5. The highest BCUT2D eigenvalue weighted by atomic mass is 35.5. The topological polar surface area (TPSA) is 46.5 Å². The van der Waals surface area contributed by atoms with Crippen LogP contribution in [0, 0.1) is 5.92 Å². The predicted octanol–water partition coefficient (Wildman–Crippen LogP) is 2.74. The summed E-state index contributed by atoms with van der Waals surface area (Å²) in [5, 5.41) is 10.7. The Labute approximate surface area is 106 Å². The molecule has 3 nitrogen and oxygen atoms in total. The number of rotatable bonds is 4. The molecule has 0 bridgehead atoms. The van der Waals surface area contributed by atoms with Crippen molar-refractivity contribution in [3.63, 3.8) is 0 Å². The van der Waals surface area contributed by atoms with Gasteiger partial charge in [0.25, 0.3) is 0 Å². The van der Waals surface area contributed by atoms with E-state index in [-0.39, 0.29) is 0 Å². The molecule has 1 aromatic carbocycles. The number of ether oxygens (including phenoxy) is 1. The average Bonchev–Trinajstić information content (AvgIpc) is 2.35. The quantitative estimate of drug-likeness (QED) is 0.664. The summed E-state index contributed by atoms with van der Waals surface area (Å²) < 4.78 is 4.66. The first-order valence-corrected chi connectivity index (χ1v) is 5.62. The van der Waals surface area contributed by atoms with Crippen molar-refractivity contribution >= 4 is 17.6 Å². The van der Waals surface area contributed by atoms with Gasteiger partial charge in [-0.3, -0.25) is 4.79 Å². The van der Waals surface area contributed by atoms with Crippen LogP contribution in [0.3, 0.4) is 0 Å². The molecule has 0 saturated heterocycles. The summed E-state index contributed by atoms with van der Waals surface area (Å²) in [6.07, 6.45) is 2.39. The van der Waals surface area contributed by atoms with E-state index in [1.807, 2.05) is 0 Å². The molecule has 2 unspecified atom stereocenters. The predicted molar refractivity (Wildman–Crippen MR) is 66.7 cm³/mol. The van der Waals surface area contributed by atoms with Gasteiger partial charge < -0.3 is 9.84 Å². The fourth-order valence-electron chi connectivity index (χ4n) is 1.52. The highest BCUT2D eigenvalue weighted by Gasteiger charge is 2.26. The number of aliphatic hydroxyl groups is 1. The molecule has 2 atom stereocenters. The van der Waals surface area contributed by atoms with Crippen molar-refractivity contribution in [2.24, 2.45) is 5.92 Å². The Bertz CT molecular complexity index is 398. The van der Waals surface area contributed by atoms with E-state index in [1.54, 1.807) is 43.3 Å². The molecule has 0 fully saturated rings. The molecule has 92 valence electrons. The number of aliphatic hydroxyl groups excluding tert-OH is 1.